The number of fused-ring (bicyclic) bond motifs is 1. The van der Waals surface area contributed by atoms with E-state index < -0.39 is 21.5 Å². The number of aromatic amines is 2. The highest BCUT2D eigenvalue weighted by atomic mass is 32.2. The smallest absolute Gasteiger partial charge is 0.326 e. The second-order valence-corrected chi connectivity index (χ2v) is 11.7. The van der Waals surface area contributed by atoms with Crippen molar-refractivity contribution in [2.24, 2.45) is 4.99 Å². The van der Waals surface area contributed by atoms with Crippen LogP contribution < -0.4 is 26.4 Å². The Morgan fingerprint density at radius 2 is 1.87 bits per heavy atom. The van der Waals surface area contributed by atoms with E-state index in [9.17, 15) is 22.7 Å². The number of imidazole rings is 1. The van der Waals surface area contributed by atoms with Crippen LogP contribution in [-0.4, -0.2) is 56.2 Å². The van der Waals surface area contributed by atoms with Crippen LogP contribution in [0.3, 0.4) is 0 Å². The number of H-pyrrole nitrogens is 2. The van der Waals surface area contributed by atoms with Gasteiger partial charge in [0.05, 0.1) is 17.1 Å². The van der Waals surface area contributed by atoms with Gasteiger partial charge in [0.1, 0.15) is 17.3 Å². The fraction of sp³-hybridized carbons (Fsp3) is 0.360. The maximum absolute atomic E-state index is 13.5. The summed E-state index contributed by atoms with van der Waals surface area (Å²) in [5.41, 5.74) is 0.851. The van der Waals surface area contributed by atoms with Gasteiger partial charge in [0.2, 0.25) is 15.9 Å². The Kier molecular flexibility index (Phi) is 6.43. The van der Waals surface area contributed by atoms with Crippen LogP contribution in [0.4, 0.5) is 10.2 Å². The van der Waals surface area contributed by atoms with Crippen molar-refractivity contribution in [1.82, 2.24) is 29.3 Å². The Labute approximate surface area is 221 Å². The molecule has 14 heteroatoms. The summed E-state index contributed by atoms with van der Waals surface area (Å²) in [5.74, 6) is -0.269. The van der Waals surface area contributed by atoms with Gasteiger partial charge < -0.3 is 15.4 Å². The molecule has 39 heavy (non-hydrogen) atoms. The number of benzene rings is 1. The van der Waals surface area contributed by atoms with Crippen molar-refractivity contribution in [2.75, 3.05) is 5.32 Å². The summed E-state index contributed by atoms with van der Waals surface area (Å²) in [6.07, 6.45) is 7.84. The van der Waals surface area contributed by atoms with Gasteiger partial charge in [-0.3, -0.25) is 9.98 Å². The van der Waals surface area contributed by atoms with Crippen molar-refractivity contribution < 1.29 is 17.9 Å². The first kappa shape index (κ1) is 25.2. The number of aromatic nitrogens is 5. The number of hydrogen-bond acceptors (Lipinski definition) is 8. The maximum Gasteiger partial charge on any atom is 0.326 e. The number of anilines is 1. The Balaban J connectivity index is 1.21. The number of nitrogens with one attached hydrogen (secondary N) is 4. The normalized spacial score (nSPS) is 21.1. The average molecular weight is 555 g/mol. The van der Waals surface area contributed by atoms with Crippen LogP contribution in [-0.2, 0) is 10.0 Å². The molecule has 1 aromatic carbocycles. The van der Waals surface area contributed by atoms with Gasteiger partial charge in [-0.25, -0.2) is 27.3 Å². The van der Waals surface area contributed by atoms with E-state index in [0.717, 1.165) is 18.9 Å². The Bertz CT molecular complexity index is 1820. The molecule has 2 saturated carbocycles. The molecule has 12 nitrogen and oxygen atoms in total. The highest BCUT2D eigenvalue weighted by molar-refractivity contribution is 7.89. The van der Waals surface area contributed by atoms with Crippen LogP contribution >= 0.6 is 0 Å². The molecule has 3 heterocycles. The summed E-state index contributed by atoms with van der Waals surface area (Å²) in [7, 11) is -3.81. The lowest BCUT2D eigenvalue weighted by Crippen LogP contribution is -2.40. The highest BCUT2D eigenvalue weighted by Gasteiger charge is 2.26. The maximum atomic E-state index is 13.5. The molecule has 2 aliphatic carbocycles. The molecule has 5 N–H and O–H groups in total. The van der Waals surface area contributed by atoms with Crippen molar-refractivity contribution in [3.05, 3.63) is 69.2 Å². The first-order chi connectivity index (χ1) is 18.7. The predicted octanol–water partition coefficient (Wildman–Crippen LogP) is 0.903. The van der Waals surface area contributed by atoms with E-state index in [1.807, 2.05) is 6.07 Å². The number of sulfonamides is 1. The van der Waals surface area contributed by atoms with Gasteiger partial charge in [-0.1, -0.05) is 6.07 Å². The van der Waals surface area contributed by atoms with Crippen LogP contribution in [0.2, 0.25) is 0 Å². The first-order valence-corrected chi connectivity index (χ1v) is 14.2. The molecule has 0 aliphatic heterocycles. The molecule has 204 valence electrons. The lowest BCUT2D eigenvalue weighted by molar-refractivity contribution is 0.387. The lowest BCUT2D eigenvalue weighted by Gasteiger charge is -2.29. The summed E-state index contributed by atoms with van der Waals surface area (Å²) in [4.78, 5) is 25.8. The van der Waals surface area contributed by atoms with E-state index in [4.69, 9.17) is 9.98 Å². The predicted molar refractivity (Wildman–Crippen MR) is 140 cm³/mol. The Morgan fingerprint density at radius 3 is 2.56 bits per heavy atom. The van der Waals surface area contributed by atoms with Crippen molar-refractivity contribution in [1.29, 1.82) is 0 Å². The molecule has 0 radical (unpaired) electrons. The molecule has 6 rings (SSSR count). The lowest BCUT2D eigenvalue weighted by atomic mass is 9.92. The number of hydrogen-bond donors (Lipinski definition) is 5. The first-order valence-electron chi connectivity index (χ1n) is 12.7. The zero-order chi connectivity index (χ0) is 27.1. The SMILES string of the molecule is O=c1[nH]c(O)c(/C=c2\cnn3c(=NC4CC4)cc(NC4CCC(NS(=O)(=O)c5cccc(F)c5)CC4)nc23)[nH]1. The van der Waals surface area contributed by atoms with Gasteiger partial charge in [-0.2, -0.15) is 9.61 Å². The van der Waals surface area contributed by atoms with Crippen LogP contribution in [0.25, 0.3) is 11.7 Å². The summed E-state index contributed by atoms with van der Waals surface area (Å²) >= 11 is 0. The topological polar surface area (TPSA) is 170 Å². The minimum atomic E-state index is -3.81. The summed E-state index contributed by atoms with van der Waals surface area (Å²) in [5, 5.41) is 18.4. The third-order valence-corrected chi connectivity index (χ3v) is 8.40. The van der Waals surface area contributed by atoms with Crippen molar-refractivity contribution in [3.63, 3.8) is 0 Å². The van der Waals surface area contributed by atoms with Gasteiger partial charge in [-0.15, -0.1) is 0 Å². The van der Waals surface area contributed by atoms with Crippen LogP contribution in [0.15, 0.2) is 51.2 Å². The molecule has 2 aliphatic rings. The molecule has 3 aromatic heterocycles. The number of nitrogens with zero attached hydrogens (tertiary/aromatic N) is 4. The summed E-state index contributed by atoms with van der Waals surface area (Å²) in [6, 6.07) is 6.87. The van der Waals surface area contributed by atoms with Crippen LogP contribution in [0.1, 0.15) is 44.2 Å². The van der Waals surface area contributed by atoms with E-state index in [0.29, 0.717) is 47.9 Å². The largest absolute Gasteiger partial charge is 0.493 e. The van der Waals surface area contributed by atoms with Gasteiger partial charge in [0.15, 0.2) is 11.1 Å². The zero-order valence-corrected chi connectivity index (χ0v) is 21.6. The van der Waals surface area contributed by atoms with Crippen LogP contribution in [0, 0.1) is 5.82 Å². The number of aromatic hydroxyl groups is 1. The molecule has 0 saturated heterocycles. The minimum Gasteiger partial charge on any atom is -0.493 e. The second kappa shape index (κ2) is 9.93. The van der Waals surface area contributed by atoms with E-state index in [1.54, 1.807) is 16.8 Å². The highest BCUT2D eigenvalue weighted by Crippen LogP contribution is 2.24. The standard InChI is InChI=1S/C25H27FN8O4S/c26-15-2-1-3-19(11-15)39(37,38)33-18-8-6-16(7-9-18)28-21-12-22(29-17-4-5-17)34-23(31-21)14(13-27-34)10-20-24(35)32-25(36)30-20/h1-3,10-13,16-18,28,33,35H,4-9H2,(H2,30,32,36)/b14-10+,29-22?. The molecule has 0 bridgehead atoms. The monoisotopic (exact) mass is 554 g/mol. The Hall–Kier alpha value is -4.04. The van der Waals surface area contributed by atoms with Crippen molar-refractivity contribution in [2.45, 2.75) is 61.5 Å². The molecule has 0 atom stereocenters. The Morgan fingerprint density at radius 1 is 1.10 bits per heavy atom. The molecular formula is C25H27FN8O4S. The number of halogens is 1. The van der Waals surface area contributed by atoms with E-state index >= 15 is 0 Å². The average Bonchev–Trinajstić information content (AvgIpc) is 3.53. The molecule has 4 aromatic rings. The fourth-order valence-corrected chi connectivity index (χ4v) is 6.09. The van der Waals surface area contributed by atoms with E-state index in [1.165, 1.54) is 18.2 Å². The van der Waals surface area contributed by atoms with E-state index in [2.05, 4.69) is 25.1 Å². The summed E-state index contributed by atoms with van der Waals surface area (Å²) in [6.45, 7) is 0. The van der Waals surface area contributed by atoms with Gasteiger partial charge >= 0.3 is 5.69 Å². The molecule has 0 unspecified atom stereocenters. The second-order valence-electron chi connectivity index (χ2n) is 9.95. The number of rotatable bonds is 7. The van der Waals surface area contributed by atoms with Gasteiger partial charge in [0, 0.05) is 23.4 Å². The van der Waals surface area contributed by atoms with Gasteiger partial charge in [0.25, 0.3) is 0 Å². The third kappa shape index (κ3) is 5.56. The zero-order valence-electron chi connectivity index (χ0n) is 20.8. The molecule has 0 spiro atoms. The van der Waals surface area contributed by atoms with Crippen molar-refractivity contribution in [3.8, 4) is 5.88 Å². The van der Waals surface area contributed by atoms with E-state index in [-0.39, 0.29) is 34.6 Å². The fourth-order valence-electron chi connectivity index (χ4n) is 4.76. The molecular weight excluding hydrogens is 527 g/mol. The third-order valence-electron chi connectivity index (χ3n) is 6.88. The van der Waals surface area contributed by atoms with Crippen LogP contribution in [0.5, 0.6) is 5.88 Å². The molecule has 0 amide bonds. The molecule has 2 fully saturated rings. The van der Waals surface area contributed by atoms with Crippen molar-refractivity contribution >= 4 is 27.6 Å². The van der Waals surface area contributed by atoms with Gasteiger partial charge in [-0.05, 0) is 62.8 Å². The quantitative estimate of drug-likeness (QED) is 0.226. The minimum absolute atomic E-state index is 0.0593. The summed E-state index contributed by atoms with van der Waals surface area (Å²) < 4.78 is 43.2.